The topological polar surface area (TPSA) is 43.9 Å². The molecule has 4 nitrogen and oxygen atoms in total. The Bertz CT molecular complexity index is 2220. The molecule has 0 fully saturated rings. The van der Waals surface area contributed by atoms with Crippen LogP contribution in [0.25, 0.3) is 71.7 Å². The van der Waals surface area contributed by atoms with Gasteiger partial charge in [-0.25, -0.2) is 9.97 Å². The molecule has 0 bridgehead atoms. The first-order chi connectivity index (χ1) is 19.2. The van der Waals surface area contributed by atoms with Gasteiger partial charge in [-0.15, -0.1) is 0 Å². The maximum atomic E-state index is 6.40. The Labute approximate surface area is 225 Å². The summed E-state index contributed by atoms with van der Waals surface area (Å²) in [5.74, 6) is 1.15. The molecule has 0 saturated carbocycles. The van der Waals surface area contributed by atoms with Crippen LogP contribution in [0.4, 0.5) is 0 Å². The molecule has 4 heteroatoms. The lowest BCUT2D eigenvalue weighted by Crippen LogP contribution is -2.06. The van der Waals surface area contributed by atoms with E-state index in [1.807, 2.05) is 6.07 Å². The van der Waals surface area contributed by atoms with Crippen molar-refractivity contribution in [2.75, 3.05) is 0 Å². The zero-order valence-corrected chi connectivity index (χ0v) is 21.7. The van der Waals surface area contributed by atoms with Crippen LogP contribution in [0, 0.1) is 0 Å². The maximum absolute atomic E-state index is 6.40. The molecule has 5 aromatic carbocycles. The van der Waals surface area contributed by atoms with E-state index in [9.17, 15) is 0 Å². The maximum Gasteiger partial charge on any atom is 0.227 e. The van der Waals surface area contributed by atoms with Gasteiger partial charge in [0, 0.05) is 22.4 Å². The molecule has 0 radical (unpaired) electrons. The Hall–Kier alpha value is -4.96. The van der Waals surface area contributed by atoms with Gasteiger partial charge in [0.05, 0.1) is 22.3 Å². The number of aromatic nitrogens is 3. The second-order valence-electron chi connectivity index (χ2n) is 10.4. The first-order valence-corrected chi connectivity index (χ1v) is 13.4. The van der Waals surface area contributed by atoms with Crippen LogP contribution in [0.5, 0.6) is 0 Å². The van der Waals surface area contributed by atoms with E-state index in [-0.39, 0.29) is 5.92 Å². The molecule has 0 spiro atoms. The largest absolute Gasteiger partial charge is 0.437 e. The molecular weight excluding hydrogens is 478 g/mol. The quantitative estimate of drug-likeness (QED) is 0.226. The van der Waals surface area contributed by atoms with Crippen LogP contribution in [0.3, 0.4) is 0 Å². The highest BCUT2D eigenvalue weighted by Gasteiger charge is 2.25. The second-order valence-corrected chi connectivity index (χ2v) is 10.4. The van der Waals surface area contributed by atoms with Gasteiger partial charge in [-0.2, -0.15) is 0 Å². The van der Waals surface area contributed by atoms with Crippen LogP contribution >= 0.6 is 0 Å². The minimum absolute atomic E-state index is 0.287. The van der Waals surface area contributed by atoms with Crippen molar-refractivity contribution in [2.24, 2.45) is 0 Å². The van der Waals surface area contributed by atoms with Crippen LogP contribution < -0.4 is 0 Å². The number of imidazole rings is 1. The molecule has 0 atom stereocenters. The molecular formula is C35H25N3O. The van der Waals surface area contributed by atoms with Gasteiger partial charge in [0.25, 0.3) is 0 Å². The molecule has 3 heterocycles. The normalized spacial score (nSPS) is 12.1. The highest BCUT2D eigenvalue weighted by Crippen LogP contribution is 2.43. The number of pyridine rings is 1. The molecule has 8 rings (SSSR count). The van der Waals surface area contributed by atoms with Crippen molar-refractivity contribution in [3.05, 3.63) is 115 Å². The number of rotatable bonds is 3. The van der Waals surface area contributed by atoms with Gasteiger partial charge in [0.2, 0.25) is 5.71 Å². The number of hydrogen-bond acceptors (Lipinski definition) is 3. The summed E-state index contributed by atoms with van der Waals surface area (Å²) in [4.78, 5) is 9.74. The lowest BCUT2D eigenvalue weighted by molar-refractivity contribution is 0.654. The Kier molecular flexibility index (Phi) is 4.68. The fraction of sp³-hybridized carbons (Fsp3) is 0.0857. The number of fused-ring (bicyclic) bond motifs is 7. The van der Waals surface area contributed by atoms with Crippen molar-refractivity contribution in [1.82, 2.24) is 14.5 Å². The summed E-state index contributed by atoms with van der Waals surface area (Å²) < 4.78 is 8.75. The Balaban J connectivity index is 1.59. The monoisotopic (exact) mass is 503 g/mol. The van der Waals surface area contributed by atoms with E-state index in [0.717, 1.165) is 38.8 Å². The summed E-state index contributed by atoms with van der Waals surface area (Å²) >= 11 is 0. The summed E-state index contributed by atoms with van der Waals surface area (Å²) in [6.07, 6.45) is 1.77. The Morgan fingerprint density at radius 2 is 1.31 bits per heavy atom. The van der Waals surface area contributed by atoms with E-state index >= 15 is 0 Å². The van der Waals surface area contributed by atoms with Crippen molar-refractivity contribution >= 4 is 54.6 Å². The van der Waals surface area contributed by atoms with Gasteiger partial charge in [-0.3, -0.25) is 4.57 Å². The second kappa shape index (κ2) is 8.27. The summed E-state index contributed by atoms with van der Waals surface area (Å²) in [7, 11) is 0. The number of hydrogen-bond donors (Lipinski definition) is 0. The van der Waals surface area contributed by atoms with Crippen molar-refractivity contribution in [3.63, 3.8) is 0 Å². The number of para-hydroxylation sites is 3. The smallest absolute Gasteiger partial charge is 0.227 e. The van der Waals surface area contributed by atoms with Gasteiger partial charge >= 0.3 is 0 Å². The summed E-state index contributed by atoms with van der Waals surface area (Å²) in [6, 6.07) is 36.2. The number of furan rings is 1. The van der Waals surface area contributed by atoms with E-state index in [1.54, 1.807) is 6.20 Å². The molecule has 0 unspecified atom stereocenters. The molecule has 186 valence electrons. The van der Waals surface area contributed by atoms with Crippen LogP contribution in [-0.2, 0) is 0 Å². The number of nitrogens with zero attached hydrogens (tertiary/aromatic N) is 3. The lowest BCUT2D eigenvalue weighted by Gasteiger charge is -2.22. The SMILES string of the molecule is CC(C)c1c(-n2c(-c3cccc4c3oc3ncccc34)nc3ccccc32)c2ccccc2c2ccccc12. The minimum atomic E-state index is 0.287. The molecule has 0 N–H and O–H groups in total. The van der Waals surface area contributed by atoms with Crippen LogP contribution in [-0.4, -0.2) is 14.5 Å². The fourth-order valence-electron chi connectivity index (χ4n) is 6.22. The van der Waals surface area contributed by atoms with Gasteiger partial charge in [-0.1, -0.05) is 86.6 Å². The molecule has 0 saturated heterocycles. The third kappa shape index (κ3) is 3.12. The Morgan fingerprint density at radius 1 is 0.641 bits per heavy atom. The molecule has 0 aliphatic carbocycles. The van der Waals surface area contributed by atoms with Crippen LogP contribution in [0.15, 0.2) is 114 Å². The van der Waals surface area contributed by atoms with Gasteiger partial charge in [-0.05, 0) is 58.0 Å². The first-order valence-electron chi connectivity index (χ1n) is 13.4. The zero-order valence-electron chi connectivity index (χ0n) is 21.7. The molecule has 3 aromatic heterocycles. The average Bonchev–Trinajstić information content (AvgIpc) is 3.55. The standard InChI is InChI=1S/C35H25N3O/c1-21(2)31-24-13-5-3-11-22(24)23-12-4-6-14-25(23)32(31)38-30-19-8-7-18-29(30)37-34(38)28-16-9-15-26-27-17-10-20-36-35(27)39-33(26)28/h3-21H,1-2H3. The van der Waals surface area contributed by atoms with Crippen molar-refractivity contribution in [2.45, 2.75) is 19.8 Å². The third-order valence-electron chi connectivity index (χ3n) is 7.82. The molecule has 39 heavy (non-hydrogen) atoms. The average molecular weight is 504 g/mol. The van der Waals surface area contributed by atoms with Gasteiger partial charge in [0.15, 0.2) is 0 Å². The third-order valence-corrected chi connectivity index (χ3v) is 7.82. The molecule has 0 aliphatic heterocycles. The first kappa shape index (κ1) is 22.1. The van der Waals surface area contributed by atoms with Crippen LogP contribution in [0.2, 0.25) is 0 Å². The fourth-order valence-corrected chi connectivity index (χ4v) is 6.22. The van der Waals surface area contributed by atoms with E-state index in [1.165, 1.54) is 32.8 Å². The van der Waals surface area contributed by atoms with Crippen molar-refractivity contribution < 1.29 is 4.42 Å². The summed E-state index contributed by atoms with van der Waals surface area (Å²) in [6.45, 7) is 4.56. The lowest BCUT2D eigenvalue weighted by atomic mass is 9.89. The van der Waals surface area contributed by atoms with Crippen molar-refractivity contribution in [1.29, 1.82) is 0 Å². The predicted octanol–water partition coefficient (Wildman–Crippen LogP) is 9.42. The molecule has 0 aliphatic rings. The van der Waals surface area contributed by atoms with E-state index < -0.39 is 0 Å². The van der Waals surface area contributed by atoms with Crippen LogP contribution in [0.1, 0.15) is 25.3 Å². The minimum Gasteiger partial charge on any atom is -0.437 e. The Morgan fingerprint density at radius 3 is 2.13 bits per heavy atom. The highest BCUT2D eigenvalue weighted by molar-refractivity contribution is 6.14. The van der Waals surface area contributed by atoms with E-state index in [4.69, 9.17) is 9.40 Å². The summed E-state index contributed by atoms with van der Waals surface area (Å²) in [5, 5.41) is 7.05. The predicted molar refractivity (Wildman–Crippen MR) is 161 cm³/mol. The summed E-state index contributed by atoms with van der Waals surface area (Å²) in [5.41, 5.74) is 6.90. The number of benzene rings is 5. The highest BCUT2D eigenvalue weighted by atomic mass is 16.3. The van der Waals surface area contributed by atoms with Gasteiger partial charge in [0.1, 0.15) is 11.4 Å². The van der Waals surface area contributed by atoms with Gasteiger partial charge < -0.3 is 4.42 Å². The van der Waals surface area contributed by atoms with E-state index in [2.05, 4.69) is 120 Å². The van der Waals surface area contributed by atoms with E-state index in [0.29, 0.717) is 5.71 Å². The van der Waals surface area contributed by atoms with Crippen molar-refractivity contribution in [3.8, 4) is 17.1 Å². The zero-order chi connectivity index (χ0) is 26.1. The molecule has 8 aromatic rings. The molecule has 0 amide bonds.